The zero-order chi connectivity index (χ0) is 32.4. The number of ether oxygens (including phenoxy) is 1. The third-order valence-corrected chi connectivity index (χ3v) is 7.97. The summed E-state index contributed by atoms with van der Waals surface area (Å²) in [5, 5.41) is 16.8. The van der Waals surface area contributed by atoms with E-state index in [-0.39, 0.29) is 18.3 Å². The average Bonchev–Trinajstić information content (AvgIpc) is 3.61. The van der Waals surface area contributed by atoms with Crippen molar-refractivity contribution in [3.63, 3.8) is 0 Å². The summed E-state index contributed by atoms with van der Waals surface area (Å²) in [6, 6.07) is 20.5. The minimum absolute atomic E-state index is 0.00693. The van der Waals surface area contributed by atoms with Gasteiger partial charge in [0.25, 0.3) is 0 Å². The maximum Gasteiger partial charge on any atom is 0.410 e. The summed E-state index contributed by atoms with van der Waals surface area (Å²) in [7, 11) is -3.71. The molecule has 2 aromatic heterocycles. The SMILES string of the molecule is C[C@H](Cc1c[nH]c2c(OS(C)(=O)=O)cccc12)N(C[C@H](O)c1cccc(NCc2cccc3[nH]ccc23)c1)C(=O)OC(C)(C)C. The van der Waals surface area contributed by atoms with Crippen molar-refractivity contribution in [2.45, 2.75) is 58.4 Å². The zero-order valence-corrected chi connectivity index (χ0v) is 26.9. The van der Waals surface area contributed by atoms with Crippen LogP contribution in [0.3, 0.4) is 0 Å². The zero-order valence-electron chi connectivity index (χ0n) is 26.1. The van der Waals surface area contributed by atoms with Crippen LogP contribution in [0.2, 0.25) is 0 Å². The standard InChI is InChI=1S/C34H40N4O6S/c1-22(17-25-20-37-32-28(25)12-8-14-31(32)44-45(5,41)42)38(33(40)43-34(2,3)4)21-30(39)23-9-6-11-26(18-23)36-19-24-10-7-13-29-27(24)15-16-35-29/h6-16,18,20,22,30,35-37,39H,17,19,21H2,1-5H3/t22-,30+/m1/s1. The Bertz CT molecular complexity index is 1910. The van der Waals surface area contributed by atoms with E-state index in [0.717, 1.165) is 39.4 Å². The Balaban J connectivity index is 1.34. The highest BCUT2D eigenvalue weighted by molar-refractivity contribution is 7.86. The lowest BCUT2D eigenvalue weighted by Crippen LogP contribution is -2.45. The number of rotatable bonds is 11. The molecular weight excluding hydrogens is 592 g/mol. The first kappa shape index (κ1) is 31.9. The van der Waals surface area contributed by atoms with Crippen molar-refractivity contribution in [1.82, 2.24) is 14.9 Å². The van der Waals surface area contributed by atoms with Gasteiger partial charge in [-0.25, -0.2) is 4.79 Å². The van der Waals surface area contributed by atoms with E-state index in [0.29, 0.717) is 24.0 Å². The van der Waals surface area contributed by atoms with Crippen molar-refractivity contribution in [1.29, 1.82) is 0 Å². The monoisotopic (exact) mass is 632 g/mol. The van der Waals surface area contributed by atoms with Crippen LogP contribution in [0.15, 0.2) is 79.1 Å². The van der Waals surface area contributed by atoms with Crippen molar-refractivity contribution in [3.05, 3.63) is 95.8 Å². The quantitative estimate of drug-likeness (QED) is 0.122. The van der Waals surface area contributed by atoms with Crippen LogP contribution in [0.25, 0.3) is 21.8 Å². The first-order chi connectivity index (χ1) is 21.3. The molecule has 5 rings (SSSR count). The number of nitrogens with zero attached hydrogens (tertiary/aromatic N) is 1. The fourth-order valence-electron chi connectivity index (χ4n) is 5.42. The number of aromatic nitrogens is 2. The lowest BCUT2D eigenvalue weighted by atomic mass is 10.0. The van der Waals surface area contributed by atoms with Crippen LogP contribution in [0.5, 0.6) is 5.75 Å². The topological polar surface area (TPSA) is 137 Å². The first-order valence-corrected chi connectivity index (χ1v) is 16.6. The second kappa shape index (κ2) is 12.9. The second-order valence-corrected chi connectivity index (χ2v) is 13.9. The van der Waals surface area contributed by atoms with E-state index < -0.39 is 27.9 Å². The highest BCUT2D eigenvalue weighted by atomic mass is 32.2. The number of para-hydroxylation sites is 1. The van der Waals surface area contributed by atoms with Gasteiger partial charge >= 0.3 is 16.2 Å². The number of H-pyrrole nitrogens is 2. The van der Waals surface area contributed by atoms with Gasteiger partial charge in [-0.05, 0) is 81.1 Å². The minimum atomic E-state index is -3.71. The summed E-state index contributed by atoms with van der Waals surface area (Å²) >= 11 is 0. The molecule has 0 saturated heterocycles. The van der Waals surface area contributed by atoms with Gasteiger partial charge in [-0.3, -0.25) is 0 Å². The number of anilines is 1. The minimum Gasteiger partial charge on any atom is -0.444 e. The second-order valence-electron chi connectivity index (χ2n) is 12.3. The normalized spacial score (nSPS) is 13.5. The summed E-state index contributed by atoms with van der Waals surface area (Å²) in [4.78, 5) is 21.4. The molecule has 0 radical (unpaired) electrons. The number of aliphatic hydroxyl groups excluding tert-OH is 1. The van der Waals surface area contributed by atoms with Crippen LogP contribution in [-0.2, 0) is 27.8 Å². The highest BCUT2D eigenvalue weighted by Crippen LogP contribution is 2.30. The number of hydrogen-bond acceptors (Lipinski definition) is 7. The van der Waals surface area contributed by atoms with E-state index in [1.807, 2.05) is 55.6 Å². The van der Waals surface area contributed by atoms with Crippen LogP contribution in [0.4, 0.5) is 10.5 Å². The van der Waals surface area contributed by atoms with E-state index in [4.69, 9.17) is 8.92 Å². The van der Waals surface area contributed by atoms with Gasteiger partial charge in [0.1, 0.15) is 5.60 Å². The molecule has 0 aliphatic carbocycles. The molecular formula is C34H40N4O6S. The number of aromatic amines is 2. The molecule has 1 amide bonds. The van der Waals surface area contributed by atoms with Crippen molar-refractivity contribution >= 4 is 43.7 Å². The highest BCUT2D eigenvalue weighted by Gasteiger charge is 2.29. The molecule has 0 aliphatic rings. The van der Waals surface area contributed by atoms with E-state index >= 15 is 0 Å². The number of carbonyl (C=O) groups excluding carboxylic acids is 1. The summed E-state index contributed by atoms with van der Waals surface area (Å²) in [6.07, 6.45) is 3.60. The molecule has 238 valence electrons. The number of carbonyl (C=O) groups is 1. The first-order valence-electron chi connectivity index (χ1n) is 14.8. The molecule has 45 heavy (non-hydrogen) atoms. The molecule has 3 aromatic carbocycles. The van der Waals surface area contributed by atoms with Crippen LogP contribution in [-0.4, -0.2) is 58.9 Å². The fourth-order valence-corrected chi connectivity index (χ4v) is 5.88. The van der Waals surface area contributed by atoms with Crippen LogP contribution >= 0.6 is 0 Å². The predicted octanol–water partition coefficient (Wildman–Crippen LogP) is 6.50. The Morgan fingerprint density at radius 1 is 1.00 bits per heavy atom. The van der Waals surface area contributed by atoms with Gasteiger partial charge < -0.3 is 34.2 Å². The third kappa shape index (κ3) is 7.98. The molecule has 0 bridgehead atoms. The number of hydrogen-bond donors (Lipinski definition) is 4. The lowest BCUT2D eigenvalue weighted by molar-refractivity contribution is 0.00550. The van der Waals surface area contributed by atoms with E-state index in [1.165, 1.54) is 4.90 Å². The Hall–Kier alpha value is -4.48. The molecule has 0 aliphatic heterocycles. The van der Waals surface area contributed by atoms with Gasteiger partial charge in [-0.15, -0.1) is 0 Å². The maximum atomic E-state index is 13.5. The molecule has 5 aromatic rings. The summed E-state index contributed by atoms with van der Waals surface area (Å²) in [6.45, 7) is 7.92. The van der Waals surface area contributed by atoms with Gasteiger partial charge in [-0.1, -0.05) is 36.4 Å². The van der Waals surface area contributed by atoms with Gasteiger partial charge in [0.15, 0.2) is 5.75 Å². The fraction of sp³-hybridized carbons (Fsp3) is 0.324. The molecule has 10 nitrogen and oxygen atoms in total. The molecule has 2 atom stereocenters. The van der Waals surface area contributed by atoms with Gasteiger partial charge in [0, 0.05) is 47.0 Å². The van der Waals surface area contributed by atoms with Crippen molar-refractivity contribution in [3.8, 4) is 5.75 Å². The number of aliphatic hydroxyl groups is 1. The smallest absolute Gasteiger partial charge is 0.410 e. The van der Waals surface area contributed by atoms with Gasteiger partial charge in [-0.2, -0.15) is 8.42 Å². The van der Waals surface area contributed by atoms with Crippen LogP contribution in [0.1, 0.15) is 50.5 Å². The van der Waals surface area contributed by atoms with Crippen molar-refractivity contribution in [2.24, 2.45) is 0 Å². The molecule has 2 heterocycles. The van der Waals surface area contributed by atoms with Crippen LogP contribution < -0.4 is 9.50 Å². The van der Waals surface area contributed by atoms with Crippen LogP contribution in [0, 0.1) is 0 Å². The molecule has 0 fully saturated rings. The lowest BCUT2D eigenvalue weighted by Gasteiger charge is -2.33. The van der Waals surface area contributed by atoms with Gasteiger partial charge in [0.05, 0.1) is 24.4 Å². The molecule has 0 saturated carbocycles. The molecule has 0 unspecified atom stereocenters. The summed E-state index contributed by atoms with van der Waals surface area (Å²) in [5.41, 5.74) is 4.42. The maximum absolute atomic E-state index is 13.5. The predicted molar refractivity (Wildman–Crippen MR) is 177 cm³/mol. The Labute approximate surface area is 263 Å². The number of benzene rings is 3. The average molecular weight is 633 g/mol. The summed E-state index contributed by atoms with van der Waals surface area (Å²) in [5.74, 6) is 0.201. The molecule has 0 spiro atoms. The number of amides is 1. The number of nitrogens with one attached hydrogen (secondary N) is 3. The van der Waals surface area contributed by atoms with E-state index in [1.54, 1.807) is 39.1 Å². The third-order valence-electron chi connectivity index (χ3n) is 7.49. The molecule has 11 heteroatoms. The Morgan fingerprint density at radius 3 is 2.51 bits per heavy atom. The van der Waals surface area contributed by atoms with Gasteiger partial charge in [0.2, 0.25) is 0 Å². The largest absolute Gasteiger partial charge is 0.444 e. The number of fused-ring (bicyclic) bond motifs is 2. The van der Waals surface area contributed by atoms with Crippen molar-refractivity contribution in [2.75, 3.05) is 18.1 Å². The summed E-state index contributed by atoms with van der Waals surface area (Å²) < 4.78 is 34.4. The Kier molecular flexibility index (Phi) is 9.13. The van der Waals surface area contributed by atoms with Crippen molar-refractivity contribution < 1.29 is 27.2 Å². The Morgan fingerprint density at radius 2 is 1.76 bits per heavy atom. The van der Waals surface area contributed by atoms with E-state index in [9.17, 15) is 18.3 Å². The van der Waals surface area contributed by atoms with E-state index in [2.05, 4.69) is 27.4 Å². The molecule has 4 N–H and O–H groups in total.